The van der Waals surface area contributed by atoms with Crippen molar-refractivity contribution in [2.45, 2.75) is 0 Å². The van der Waals surface area contributed by atoms with E-state index in [-0.39, 0.29) is 6.03 Å². The van der Waals surface area contributed by atoms with Crippen LogP contribution in [-0.4, -0.2) is 33.3 Å². The van der Waals surface area contributed by atoms with Gasteiger partial charge in [0, 0.05) is 18.4 Å². The number of benzene rings is 2. The maximum absolute atomic E-state index is 12.2. The molecular weight excluding hydrogens is 296 g/mol. The van der Waals surface area contributed by atoms with Gasteiger partial charge in [-0.2, -0.15) is 0 Å². The number of esters is 1. The molecule has 0 bridgehead atoms. The predicted molar refractivity (Wildman–Crippen MR) is 88.2 cm³/mol. The summed E-state index contributed by atoms with van der Waals surface area (Å²) in [6, 6.07) is 13.3. The highest BCUT2D eigenvalue weighted by Crippen LogP contribution is 2.18. The van der Waals surface area contributed by atoms with E-state index < -0.39 is 5.97 Å². The number of hydrogen-bond donors (Lipinski definition) is 1. The van der Waals surface area contributed by atoms with Crippen LogP contribution in [-0.2, 0) is 4.74 Å². The molecule has 0 aliphatic rings. The summed E-state index contributed by atoms with van der Waals surface area (Å²) in [5, 5.41) is 2.78. The smallest absolute Gasteiger partial charge is 0.337 e. The van der Waals surface area contributed by atoms with Gasteiger partial charge in [0.15, 0.2) is 0 Å². The Morgan fingerprint density at radius 1 is 0.957 bits per heavy atom. The van der Waals surface area contributed by atoms with E-state index in [1.54, 1.807) is 62.7 Å². The molecule has 2 aromatic carbocycles. The Morgan fingerprint density at radius 2 is 1.57 bits per heavy atom. The van der Waals surface area contributed by atoms with E-state index in [4.69, 9.17) is 4.74 Å². The Balaban J connectivity index is 2.05. The van der Waals surface area contributed by atoms with E-state index in [0.717, 1.165) is 5.75 Å². The lowest BCUT2D eigenvalue weighted by Crippen LogP contribution is -2.31. The molecule has 120 valence electrons. The summed E-state index contributed by atoms with van der Waals surface area (Å²) in [5.74, 6) is 0.302. The lowest BCUT2D eigenvalue weighted by molar-refractivity contribution is 0.0600. The minimum atomic E-state index is -0.415. The SMILES string of the molecule is COC(=O)c1ccc(N(C)C(=O)Nc2ccc(OC)cc2)cc1. The molecule has 0 aliphatic carbocycles. The monoisotopic (exact) mass is 314 g/mol. The van der Waals surface area contributed by atoms with E-state index in [1.165, 1.54) is 12.0 Å². The molecule has 0 radical (unpaired) electrons. The number of amides is 2. The molecule has 0 aromatic heterocycles. The summed E-state index contributed by atoms with van der Waals surface area (Å²) in [4.78, 5) is 25.1. The van der Waals surface area contributed by atoms with Crippen LogP contribution < -0.4 is 15.0 Å². The second-order valence-electron chi connectivity index (χ2n) is 4.76. The molecule has 6 nitrogen and oxygen atoms in total. The number of methoxy groups -OCH3 is 2. The van der Waals surface area contributed by atoms with Gasteiger partial charge in [-0.25, -0.2) is 9.59 Å². The molecule has 6 heteroatoms. The Kier molecular flexibility index (Phi) is 5.19. The zero-order valence-corrected chi connectivity index (χ0v) is 13.2. The van der Waals surface area contributed by atoms with Crippen molar-refractivity contribution in [2.24, 2.45) is 0 Å². The Hall–Kier alpha value is -3.02. The average molecular weight is 314 g/mol. The number of urea groups is 1. The topological polar surface area (TPSA) is 67.9 Å². The largest absolute Gasteiger partial charge is 0.497 e. The summed E-state index contributed by atoms with van der Waals surface area (Å²) in [6.45, 7) is 0. The minimum absolute atomic E-state index is 0.291. The molecule has 2 rings (SSSR count). The first-order valence-corrected chi connectivity index (χ1v) is 6.92. The highest BCUT2D eigenvalue weighted by atomic mass is 16.5. The van der Waals surface area contributed by atoms with Gasteiger partial charge in [-0.3, -0.25) is 4.90 Å². The fourth-order valence-corrected chi connectivity index (χ4v) is 1.94. The molecular formula is C17H18N2O4. The number of nitrogens with zero attached hydrogens (tertiary/aromatic N) is 1. The van der Waals surface area contributed by atoms with Gasteiger partial charge < -0.3 is 14.8 Å². The Morgan fingerprint density at radius 3 is 2.09 bits per heavy atom. The van der Waals surface area contributed by atoms with Crippen molar-refractivity contribution < 1.29 is 19.1 Å². The van der Waals surface area contributed by atoms with Gasteiger partial charge in [0.25, 0.3) is 0 Å². The maximum atomic E-state index is 12.2. The van der Waals surface area contributed by atoms with Crippen LogP contribution in [0.25, 0.3) is 0 Å². The number of hydrogen-bond acceptors (Lipinski definition) is 4. The summed E-state index contributed by atoms with van der Waals surface area (Å²) < 4.78 is 9.71. The van der Waals surface area contributed by atoms with E-state index in [9.17, 15) is 9.59 Å². The number of carbonyl (C=O) groups is 2. The summed E-state index contributed by atoms with van der Waals surface area (Å²) in [6.07, 6.45) is 0. The highest BCUT2D eigenvalue weighted by molar-refractivity contribution is 6.01. The first-order valence-electron chi connectivity index (χ1n) is 6.92. The third-order valence-electron chi connectivity index (χ3n) is 3.32. The van der Waals surface area contributed by atoms with Crippen molar-refractivity contribution in [1.29, 1.82) is 0 Å². The zero-order valence-electron chi connectivity index (χ0n) is 13.2. The molecule has 0 aliphatic heterocycles. The standard InChI is InChI=1S/C17H18N2O4/c1-19(14-8-4-12(5-9-14)16(20)23-3)17(21)18-13-6-10-15(22-2)11-7-13/h4-11H,1-3H3,(H,18,21). The predicted octanol–water partition coefficient (Wildman–Crippen LogP) is 3.15. The molecule has 0 saturated heterocycles. The number of anilines is 2. The van der Waals surface area contributed by atoms with Crippen LogP contribution in [0.1, 0.15) is 10.4 Å². The molecule has 2 aromatic rings. The van der Waals surface area contributed by atoms with Crippen LogP contribution >= 0.6 is 0 Å². The van der Waals surface area contributed by atoms with Gasteiger partial charge in [0.2, 0.25) is 0 Å². The van der Waals surface area contributed by atoms with Gasteiger partial charge in [0.1, 0.15) is 5.75 Å². The van der Waals surface area contributed by atoms with Crippen molar-refractivity contribution in [3.63, 3.8) is 0 Å². The van der Waals surface area contributed by atoms with Gasteiger partial charge in [-0.05, 0) is 48.5 Å². The average Bonchev–Trinajstić information content (AvgIpc) is 2.61. The maximum Gasteiger partial charge on any atom is 0.337 e. The van der Waals surface area contributed by atoms with Gasteiger partial charge in [0.05, 0.1) is 19.8 Å². The fraction of sp³-hybridized carbons (Fsp3) is 0.176. The summed E-state index contributed by atoms with van der Waals surface area (Å²) in [5.41, 5.74) is 1.75. The number of ether oxygens (including phenoxy) is 2. The van der Waals surface area contributed by atoms with Crippen LogP contribution in [0.5, 0.6) is 5.75 Å². The van der Waals surface area contributed by atoms with Crippen molar-refractivity contribution in [1.82, 2.24) is 0 Å². The molecule has 0 saturated carbocycles. The Bertz CT molecular complexity index is 681. The quantitative estimate of drug-likeness (QED) is 0.880. The molecule has 1 N–H and O–H groups in total. The molecule has 0 unspecified atom stereocenters. The number of carbonyl (C=O) groups excluding carboxylic acids is 2. The third-order valence-corrected chi connectivity index (χ3v) is 3.32. The second kappa shape index (κ2) is 7.31. The zero-order chi connectivity index (χ0) is 16.8. The summed E-state index contributed by atoms with van der Waals surface area (Å²) in [7, 11) is 4.55. The summed E-state index contributed by atoms with van der Waals surface area (Å²) >= 11 is 0. The van der Waals surface area contributed by atoms with Crippen LogP contribution in [0.3, 0.4) is 0 Å². The lowest BCUT2D eigenvalue weighted by atomic mass is 10.2. The second-order valence-corrected chi connectivity index (χ2v) is 4.76. The molecule has 23 heavy (non-hydrogen) atoms. The molecule has 0 spiro atoms. The number of rotatable bonds is 4. The first-order chi connectivity index (χ1) is 11.0. The normalized spacial score (nSPS) is 9.87. The van der Waals surface area contributed by atoms with E-state index in [1.807, 2.05) is 0 Å². The van der Waals surface area contributed by atoms with E-state index in [0.29, 0.717) is 16.9 Å². The third kappa shape index (κ3) is 4.00. The number of nitrogens with one attached hydrogen (secondary N) is 1. The van der Waals surface area contributed by atoms with Crippen molar-refractivity contribution in [3.05, 3.63) is 54.1 Å². The first kappa shape index (κ1) is 16.4. The fourth-order valence-electron chi connectivity index (χ4n) is 1.94. The molecule has 0 fully saturated rings. The van der Waals surface area contributed by atoms with Crippen LogP contribution in [0.2, 0.25) is 0 Å². The Labute approximate surface area is 134 Å². The van der Waals surface area contributed by atoms with Crippen LogP contribution in [0.15, 0.2) is 48.5 Å². The minimum Gasteiger partial charge on any atom is -0.497 e. The molecule has 0 atom stereocenters. The highest BCUT2D eigenvalue weighted by Gasteiger charge is 2.12. The molecule has 2 amide bonds. The van der Waals surface area contributed by atoms with Crippen molar-refractivity contribution in [3.8, 4) is 5.75 Å². The van der Waals surface area contributed by atoms with Gasteiger partial charge in [-0.1, -0.05) is 0 Å². The van der Waals surface area contributed by atoms with Crippen LogP contribution in [0, 0.1) is 0 Å². The van der Waals surface area contributed by atoms with Gasteiger partial charge >= 0.3 is 12.0 Å². The van der Waals surface area contributed by atoms with E-state index in [2.05, 4.69) is 10.1 Å². The van der Waals surface area contributed by atoms with Crippen molar-refractivity contribution in [2.75, 3.05) is 31.5 Å². The van der Waals surface area contributed by atoms with E-state index >= 15 is 0 Å². The van der Waals surface area contributed by atoms with Gasteiger partial charge in [-0.15, -0.1) is 0 Å². The lowest BCUT2D eigenvalue weighted by Gasteiger charge is -2.18. The van der Waals surface area contributed by atoms with Crippen molar-refractivity contribution >= 4 is 23.4 Å². The van der Waals surface area contributed by atoms with Crippen LogP contribution in [0.4, 0.5) is 16.2 Å². The molecule has 0 heterocycles.